The van der Waals surface area contributed by atoms with Gasteiger partial charge in [-0.1, -0.05) is 25.1 Å². The minimum atomic E-state index is 0.746. The number of rotatable bonds is 7. The lowest BCUT2D eigenvalue weighted by Gasteiger charge is -2.28. The van der Waals surface area contributed by atoms with Gasteiger partial charge in [-0.15, -0.1) is 11.8 Å². The quantitative estimate of drug-likeness (QED) is 0.709. The molecule has 1 heterocycles. The van der Waals surface area contributed by atoms with Gasteiger partial charge in [-0.3, -0.25) is 0 Å². The Morgan fingerprint density at radius 1 is 1.32 bits per heavy atom. The van der Waals surface area contributed by atoms with Crippen LogP contribution in [0.3, 0.4) is 0 Å². The van der Waals surface area contributed by atoms with Crippen LogP contribution in [0.1, 0.15) is 19.8 Å². The lowest BCUT2D eigenvalue weighted by molar-refractivity contribution is 0.0401. The van der Waals surface area contributed by atoms with Gasteiger partial charge in [-0.2, -0.15) is 0 Å². The summed E-state index contributed by atoms with van der Waals surface area (Å²) in [6, 6.07) is 10.7. The molecule has 1 aromatic carbocycles. The standard InChI is InChI=1S/C16H25NOS/c1-2-17(13-15-7-6-11-18-14-15)10-12-19-16-8-4-3-5-9-16/h3-5,8-9,15H,2,6-7,10-14H2,1H3/t15-/m0/s1. The van der Waals surface area contributed by atoms with E-state index in [0.717, 1.165) is 25.7 Å². The van der Waals surface area contributed by atoms with Crippen molar-refractivity contribution < 1.29 is 4.74 Å². The van der Waals surface area contributed by atoms with E-state index in [0.29, 0.717) is 0 Å². The highest BCUT2D eigenvalue weighted by Gasteiger charge is 2.16. The zero-order valence-corrected chi connectivity index (χ0v) is 12.7. The molecule has 2 nitrogen and oxygen atoms in total. The third-order valence-corrected chi connectivity index (χ3v) is 4.63. The first-order valence-corrected chi connectivity index (χ1v) is 8.35. The molecule has 1 aromatic rings. The van der Waals surface area contributed by atoms with Crippen molar-refractivity contribution in [3.8, 4) is 0 Å². The van der Waals surface area contributed by atoms with Crippen LogP contribution >= 0.6 is 11.8 Å². The summed E-state index contributed by atoms with van der Waals surface area (Å²) < 4.78 is 5.57. The van der Waals surface area contributed by atoms with Crippen LogP contribution in [0.4, 0.5) is 0 Å². The normalized spacial score (nSPS) is 19.8. The van der Waals surface area contributed by atoms with E-state index in [-0.39, 0.29) is 0 Å². The molecule has 2 rings (SSSR count). The Bertz CT molecular complexity index is 338. The van der Waals surface area contributed by atoms with Crippen LogP contribution < -0.4 is 0 Å². The SMILES string of the molecule is CCN(CCSc1ccccc1)C[C@@H]1CCCOC1. The second-order valence-electron chi connectivity index (χ2n) is 5.14. The summed E-state index contributed by atoms with van der Waals surface area (Å²) in [6.07, 6.45) is 2.57. The Balaban J connectivity index is 1.67. The van der Waals surface area contributed by atoms with Crippen molar-refractivity contribution in [2.24, 2.45) is 5.92 Å². The zero-order chi connectivity index (χ0) is 13.3. The molecule has 106 valence electrons. The van der Waals surface area contributed by atoms with E-state index in [1.165, 1.54) is 36.6 Å². The van der Waals surface area contributed by atoms with E-state index < -0.39 is 0 Å². The minimum Gasteiger partial charge on any atom is -0.381 e. The molecule has 0 aromatic heterocycles. The molecular weight excluding hydrogens is 254 g/mol. The fourth-order valence-corrected chi connectivity index (χ4v) is 3.44. The van der Waals surface area contributed by atoms with E-state index in [1.54, 1.807) is 0 Å². The van der Waals surface area contributed by atoms with Crippen LogP contribution in [0.25, 0.3) is 0 Å². The maximum Gasteiger partial charge on any atom is 0.0506 e. The van der Waals surface area contributed by atoms with Crippen molar-refractivity contribution in [3.63, 3.8) is 0 Å². The maximum absolute atomic E-state index is 5.57. The lowest BCUT2D eigenvalue weighted by Crippen LogP contribution is -2.34. The average Bonchev–Trinajstić information content (AvgIpc) is 2.48. The second-order valence-corrected chi connectivity index (χ2v) is 6.31. The van der Waals surface area contributed by atoms with Crippen molar-refractivity contribution in [1.29, 1.82) is 0 Å². The molecule has 1 aliphatic rings. The third kappa shape index (κ3) is 5.55. The largest absolute Gasteiger partial charge is 0.381 e. The molecule has 0 aliphatic carbocycles. The van der Waals surface area contributed by atoms with Crippen LogP contribution in [0.15, 0.2) is 35.2 Å². The van der Waals surface area contributed by atoms with E-state index in [1.807, 2.05) is 11.8 Å². The predicted molar refractivity (Wildman–Crippen MR) is 82.8 cm³/mol. The summed E-state index contributed by atoms with van der Waals surface area (Å²) >= 11 is 1.95. The molecule has 19 heavy (non-hydrogen) atoms. The Morgan fingerprint density at radius 2 is 2.16 bits per heavy atom. The lowest BCUT2D eigenvalue weighted by atomic mass is 10.0. The number of hydrogen-bond donors (Lipinski definition) is 0. The molecule has 0 unspecified atom stereocenters. The first-order chi connectivity index (χ1) is 9.38. The molecule has 1 saturated heterocycles. The van der Waals surface area contributed by atoms with E-state index >= 15 is 0 Å². The molecule has 1 aliphatic heterocycles. The predicted octanol–water partition coefficient (Wildman–Crippen LogP) is 3.53. The number of thioether (sulfide) groups is 1. The molecule has 0 bridgehead atoms. The number of benzene rings is 1. The first kappa shape index (κ1) is 14.9. The van der Waals surface area contributed by atoms with E-state index in [9.17, 15) is 0 Å². The van der Waals surface area contributed by atoms with Crippen molar-refractivity contribution in [1.82, 2.24) is 4.90 Å². The second kappa shape index (κ2) is 8.62. The summed E-state index contributed by atoms with van der Waals surface area (Å²) in [5.41, 5.74) is 0. The summed E-state index contributed by atoms with van der Waals surface area (Å²) in [7, 11) is 0. The monoisotopic (exact) mass is 279 g/mol. The van der Waals surface area contributed by atoms with Crippen molar-refractivity contribution >= 4 is 11.8 Å². The van der Waals surface area contributed by atoms with Gasteiger partial charge in [0.2, 0.25) is 0 Å². The van der Waals surface area contributed by atoms with Gasteiger partial charge in [0, 0.05) is 30.3 Å². The van der Waals surface area contributed by atoms with E-state index in [4.69, 9.17) is 4.74 Å². The highest BCUT2D eigenvalue weighted by Crippen LogP contribution is 2.18. The van der Waals surface area contributed by atoms with Crippen LogP contribution in [0.2, 0.25) is 0 Å². The molecule has 3 heteroatoms. The van der Waals surface area contributed by atoms with Crippen LogP contribution in [-0.2, 0) is 4.74 Å². The average molecular weight is 279 g/mol. The van der Waals surface area contributed by atoms with Gasteiger partial charge in [0.1, 0.15) is 0 Å². The molecule has 0 spiro atoms. The molecule has 0 N–H and O–H groups in total. The van der Waals surface area contributed by atoms with Gasteiger partial charge in [-0.25, -0.2) is 0 Å². The summed E-state index contributed by atoms with van der Waals surface area (Å²) in [6.45, 7) is 7.70. The molecule has 0 amide bonds. The van der Waals surface area contributed by atoms with Gasteiger partial charge in [0.15, 0.2) is 0 Å². The van der Waals surface area contributed by atoms with Crippen molar-refractivity contribution in [2.75, 3.05) is 38.6 Å². The molecule has 1 atom stereocenters. The summed E-state index contributed by atoms with van der Waals surface area (Å²) in [5, 5.41) is 0. The van der Waals surface area contributed by atoms with Crippen molar-refractivity contribution in [2.45, 2.75) is 24.7 Å². The molecule has 0 radical (unpaired) electrons. The molecule has 0 saturated carbocycles. The fraction of sp³-hybridized carbons (Fsp3) is 0.625. The summed E-state index contributed by atoms with van der Waals surface area (Å²) in [4.78, 5) is 3.94. The van der Waals surface area contributed by atoms with Crippen LogP contribution in [0.5, 0.6) is 0 Å². The minimum absolute atomic E-state index is 0.746. The fourth-order valence-electron chi connectivity index (χ4n) is 2.50. The Hall–Kier alpha value is -0.510. The van der Waals surface area contributed by atoms with Gasteiger partial charge >= 0.3 is 0 Å². The van der Waals surface area contributed by atoms with Crippen LogP contribution in [0, 0.1) is 5.92 Å². The van der Waals surface area contributed by atoms with Gasteiger partial charge in [0.25, 0.3) is 0 Å². The van der Waals surface area contributed by atoms with E-state index in [2.05, 4.69) is 42.2 Å². The summed E-state index contributed by atoms with van der Waals surface area (Å²) in [5.74, 6) is 1.92. The zero-order valence-electron chi connectivity index (χ0n) is 11.9. The van der Waals surface area contributed by atoms with Gasteiger partial charge in [-0.05, 0) is 37.4 Å². The Morgan fingerprint density at radius 3 is 2.84 bits per heavy atom. The van der Waals surface area contributed by atoms with Crippen LogP contribution in [-0.4, -0.2) is 43.5 Å². The van der Waals surface area contributed by atoms with Gasteiger partial charge < -0.3 is 9.64 Å². The maximum atomic E-state index is 5.57. The third-order valence-electron chi connectivity index (χ3n) is 3.64. The Labute approximate surface area is 121 Å². The van der Waals surface area contributed by atoms with Gasteiger partial charge in [0.05, 0.1) is 6.61 Å². The highest BCUT2D eigenvalue weighted by molar-refractivity contribution is 7.99. The number of ether oxygens (including phenoxy) is 1. The molecular formula is C16H25NOS. The number of nitrogens with zero attached hydrogens (tertiary/aromatic N) is 1. The smallest absolute Gasteiger partial charge is 0.0506 e. The highest BCUT2D eigenvalue weighted by atomic mass is 32.2. The number of hydrogen-bond acceptors (Lipinski definition) is 3. The topological polar surface area (TPSA) is 12.5 Å². The molecule has 1 fully saturated rings. The first-order valence-electron chi connectivity index (χ1n) is 7.36. The Kier molecular flexibility index (Phi) is 6.75. The van der Waals surface area contributed by atoms with Crippen molar-refractivity contribution in [3.05, 3.63) is 30.3 Å².